The van der Waals surface area contributed by atoms with E-state index in [1.165, 1.54) is 0 Å². The Labute approximate surface area is 171 Å². The van der Waals surface area contributed by atoms with E-state index in [0.717, 1.165) is 11.3 Å². The van der Waals surface area contributed by atoms with E-state index in [1.54, 1.807) is 37.2 Å². The van der Waals surface area contributed by atoms with Crippen molar-refractivity contribution in [3.63, 3.8) is 0 Å². The third kappa shape index (κ3) is 6.45. The molecule has 2 rings (SSSR count). The lowest BCUT2D eigenvalue weighted by Gasteiger charge is -2.23. The third-order valence-electron chi connectivity index (χ3n) is 3.66. The van der Waals surface area contributed by atoms with Crippen molar-refractivity contribution in [1.29, 1.82) is 0 Å². The highest BCUT2D eigenvalue weighted by Crippen LogP contribution is 2.18. The number of methoxy groups -OCH3 is 1. The van der Waals surface area contributed by atoms with Crippen molar-refractivity contribution < 1.29 is 9.84 Å². The van der Waals surface area contributed by atoms with Gasteiger partial charge in [0.25, 0.3) is 0 Å². The summed E-state index contributed by atoms with van der Waals surface area (Å²) in [5, 5.41) is 21.1. The summed E-state index contributed by atoms with van der Waals surface area (Å²) in [4.78, 5) is 8.84. The molecule has 0 amide bonds. The van der Waals surface area contributed by atoms with Crippen LogP contribution in [-0.2, 0) is 19.2 Å². The highest BCUT2D eigenvalue weighted by atomic mass is 127. The Bertz CT molecular complexity index is 717. The van der Waals surface area contributed by atoms with Gasteiger partial charge in [-0.2, -0.15) is 5.10 Å². The number of halogens is 1. The number of hydrogen-bond acceptors (Lipinski definition) is 5. The first-order valence-corrected chi connectivity index (χ1v) is 8.18. The van der Waals surface area contributed by atoms with Crippen LogP contribution in [0.3, 0.4) is 0 Å². The van der Waals surface area contributed by atoms with Gasteiger partial charge in [-0.25, -0.2) is 9.98 Å². The van der Waals surface area contributed by atoms with Crippen molar-refractivity contribution in [3.8, 4) is 5.88 Å². The normalized spacial score (nSPS) is 13.5. The summed E-state index contributed by atoms with van der Waals surface area (Å²) in [7, 11) is 3.40. The molecule has 8 nitrogen and oxygen atoms in total. The number of nitrogens with one attached hydrogen (secondary N) is 2. The van der Waals surface area contributed by atoms with Crippen LogP contribution in [0.5, 0.6) is 5.88 Å². The second-order valence-corrected chi connectivity index (χ2v) is 5.90. The lowest BCUT2D eigenvalue weighted by atomic mass is 10.00. The maximum absolute atomic E-state index is 10.6. The van der Waals surface area contributed by atoms with Crippen LogP contribution in [0.25, 0.3) is 0 Å². The van der Waals surface area contributed by atoms with Crippen LogP contribution in [0.2, 0.25) is 0 Å². The van der Waals surface area contributed by atoms with E-state index in [-0.39, 0.29) is 24.0 Å². The summed E-state index contributed by atoms with van der Waals surface area (Å²) < 4.78 is 6.78. The van der Waals surface area contributed by atoms with Gasteiger partial charge in [-0.15, -0.1) is 24.0 Å². The molecule has 2 heterocycles. The van der Waals surface area contributed by atoms with Crippen LogP contribution < -0.4 is 15.4 Å². The molecule has 26 heavy (non-hydrogen) atoms. The molecule has 9 heteroatoms. The fourth-order valence-electron chi connectivity index (χ4n) is 2.22. The van der Waals surface area contributed by atoms with Crippen molar-refractivity contribution in [2.45, 2.75) is 26.0 Å². The molecule has 3 N–H and O–H groups in total. The number of nitrogens with zero attached hydrogens (tertiary/aromatic N) is 4. The van der Waals surface area contributed by atoms with E-state index in [4.69, 9.17) is 4.74 Å². The minimum atomic E-state index is -1.06. The van der Waals surface area contributed by atoms with Gasteiger partial charge in [0.2, 0.25) is 5.88 Å². The number of pyridine rings is 1. The van der Waals surface area contributed by atoms with Gasteiger partial charge in [-0.1, -0.05) is 6.07 Å². The quantitative estimate of drug-likeness (QED) is 0.319. The van der Waals surface area contributed by atoms with Gasteiger partial charge >= 0.3 is 0 Å². The van der Waals surface area contributed by atoms with Crippen LogP contribution in [0.4, 0.5) is 0 Å². The van der Waals surface area contributed by atoms with Crippen LogP contribution in [0, 0.1) is 0 Å². The van der Waals surface area contributed by atoms with Gasteiger partial charge < -0.3 is 20.5 Å². The molecular weight excluding hydrogens is 447 g/mol. The molecule has 144 valence electrons. The smallest absolute Gasteiger partial charge is 0.213 e. The van der Waals surface area contributed by atoms with E-state index >= 15 is 0 Å². The van der Waals surface area contributed by atoms with Crippen LogP contribution in [-0.4, -0.2) is 46.0 Å². The van der Waals surface area contributed by atoms with E-state index in [0.29, 0.717) is 31.5 Å². The largest absolute Gasteiger partial charge is 0.481 e. The average molecular weight is 474 g/mol. The third-order valence-corrected chi connectivity index (χ3v) is 3.66. The summed E-state index contributed by atoms with van der Waals surface area (Å²) in [5.41, 5.74) is 0.488. The van der Waals surface area contributed by atoms with Gasteiger partial charge in [-0.3, -0.25) is 4.68 Å². The number of aromatic nitrogens is 3. The number of aryl methyl sites for hydroxylation is 1. The van der Waals surface area contributed by atoms with Crippen molar-refractivity contribution in [3.05, 3.63) is 41.9 Å². The highest BCUT2D eigenvalue weighted by molar-refractivity contribution is 14.0. The molecule has 0 spiro atoms. The second kappa shape index (κ2) is 10.3. The van der Waals surface area contributed by atoms with E-state index in [2.05, 4.69) is 25.7 Å². The molecule has 1 atom stereocenters. The SMILES string of the molecule is CCNC(=NCc1cccc(OC)n1)NCC(C)(O)c1cnn(C)c1.I. The molecule has 0 aliphatic heterocycles. The Morgan fingerprint density at radius 2 is 2.15 bits per heavy atom. The zero-order valence-corrected chi connectivity index (χ0v) is 17.9. The van der Waals surface area contributed by atoms with Gasteiger partial charge in [0.15, 0.2) is 5.96 Å². The molecule has 0 saturated heterocycles. The van der Waals surface area contributed by atoms with Crippen molar-refractivity contribution in [2.75, 3.05) is 20.2 Å². The average Bonchev–Trinajstić information content (AvgIpc) is 3.05. The summed E-state index contributed by atoms with van der Waals surface area (Å²) >= 11 is 0. The molecule has 0 aliphatic rings. The van der Waals surface area contributed by atoms with Crippen molar-refractivity contribution >= 4 is 29.9 Å². The minimum absolute atomic E-state index is 0. The van der Waals surface area contributed by atoms with E-state index < -0.39 is 5.60 Å². The van der Waals surface area contributed by atoms with Crippen molar-refractivity contribution in [2.24, 2.45) is 12.0 Å². The van der Waals surface area contributed by atoms with Crippen LogP contribution in [0.1, 0.15) is 25.1 Å². The summed E-state index contributed by atoms with van der Waals surface area (Å²) in [6.45, 7) is 5.15. The maximum atomic E-state index is 10.6. The van der Waals surface area contributed by atoms with E-state index in [1.807, 2.05) is 26.1 Å². The highest BCUT2D eigenvalue weighted by Gasteiger charge is 2.24. The van der Waals surface area contributed by atoms with Gasteiger partial charge in [0.05, 0.1) is 32.1 Å². The molecule has 0 aliphatic carbocycles. The monoisotopic (exact) mass is 474 g/mol. The fraction of sp³-hybridized carbons (Fsp3) is 0.471. The maximum Gasteiger partial charge on any atom is 0.213 e. The number of aliphatic imine (C=N–C) groups is 1. The minimum Gasteiger partial charge on any atom is -0.481 e. The lowest BCUT2D eigenvalue weighted by Crippen LogP contribution is -2.44. The zero-order chi connectivity index (χ0) is 18.3. The van der Waals surface area contributed by atoms with Crippen molar-refractivity contribution in [1.82, 2.24) is 25.4 Å². The zero-order valence-electron chi connectivity index (χ0n) is 15.6. The molecule has 0 bridgehead atoms. The number of ether oxygens (including phenoxy) is 1. The first-order valence-electron chi connectivity index (χ1n) is 8.18. The molecule has 2 aromatic heterocycles. The summed E-state index contributed by atoms with van der Waals surface area (Å²) in [6, 6.07) is 5.56. The van der Waals surface area contributed by atoms with Gasteiger partial charge in [0.1, 0.15) is 5.60 Å². The standard InChI is InChI=1S/C17H26N6O2.HI/c1-5-18-16(19-10-14-7-6-8-15(22-14)25-4)20-12-17(2,24)13-9-21-23(3)11-13;/h6-9,11,24H,5,10,12H2,1-4H3,(H2,18,19,20);1H. The lowest BCUT2D eigenvalue weighted by molar-refractivity contribution is 0.0616. The summed E-state index contributed by atoms with van der Waals surface area (Å²) in [6.07, 6.45) is 3.46. The number of guanidine groups is 1. The number of hydrogen-bond donors (Lipinski definition) is 3. The van der Waals surface area contributed by atoms with Crippen LogP contribution in [0.15, 0.2) is 35.6 Å². The van der Waals surface area contributed by atoms with Gasteiger partial charge in [0, 0.05) is 31.4 Å². The molecule has 1 unspecified atom stereocenters. The van der Waals surface area contributed by atoms with E-state index in [9.17, 15) is 5.11 Å². The molecule has 2 aromatic rings. The van der Waals surface area contributed by atoms with Gasteiger partial charge in [-0.05, 0) is 19.9 Å². The second-order valence-electron chi connectivity index (χ2n) is 5.90. The first kappa shape index (κ1) is 22.2. The Morgan fingerprint density at radius 3 is 2.77 bits per heavy atom. The molecular formula is C17H27IN6O2. The molecule has 0 aromatic carbocycles. The predicted octanol–water partition coefficient (Wildman–Crippen LogP) is 1.40. The molecule has 0 saturated carbocycles. The first-order chi connectivity index (χ1) is 11.9. The summed E-state index contributed by atoms with van der Waals surface area (Å²) in [5.74, 6) is 1.17. The Kier molecular flexibility index (Phi) is 8.79. The molecule has 0 radical (unpaired) electrons. The Morgan fingerprint density at radius 1 is 1.38 bits per heavy atom. The number of rotatable bonds is 7. The topological polar surface area (TPSA) is 96.6 Å². The Balaban J connectivity index is 0.00000338. The fourth-order valence-corrected chi connectivity index (χ4v) is 2.22. The van der Waals surface area contributed by atoms with Crippen LogP contribution >= 0.6 is 24.0 Å². The molecule has 0 fully saturated rings. The number of aliphatic hydroxyl groups is 1. The Hall–Kier alpha value is -1.88. The predicted molar refractivity (Wildman–Crippen MR) is 112 cm³/mol.